The van der Waals surface area contributed by atoms with Crippen LogP contribution in [0.4, 0.5) is 0 Å². The maximum Gasteiger partial charge on any atom is 0.315 e. The second-order valence-corrected chi connectivity index (χ2v) is 7.57. The predicted molar refractivity (Wildman–Crippen MR) is 105 cm³/mol. The molecule has 1 atom stereocenters. The van der Waals surface area contributed by atoms with Crippen LogP contribution in [0, 0.1) is 0 Å². The molecule has 1 unspecified atom stereocenters. The fraction of sp³-hybridized carbons (Fsp3) is 0.300. The van der Waals surface area contributed by atoms with Gasteiger partial charge in [0.15, 0.2) is 0 Å². The lowest BCUT2D eigenvalue weighted by molar-refractivity contribution is -0.143. The van der Waals surface area contributed by atoms with Gasteiger partial charge in [0, 0.05) is 19.4 Å². The first-order chi connectivity index (χ1) is 13.5. The summed E-state index contributed by atoms with van der Waals surface area (Å²) in [6.45, 7) is 1.63. The van der Waals surface area contributed by atoms with Gasteiger partial charge in [0.1, 0.15) is 5.41 Å². The van der Waals surface area contributed by atoms with Crippen molar-refractivity contribution < 1.29 is 19.2 Å². The van der Waals surface area contributed by atoms with Crippen LogP contribution in [0.1, 0.15) is 31.2 Å². The Morgan fingerprint density at radius 3 is 2.68 bits per heavy atom. The fourth-order valence-electron chi connectivity index (χ4n) is 2.73. The van der Waals surface area contributed by atoms with Gasteiger partial charge in [-0.15, -0.1) is 11.3 Å². The number of carboxylic acids is 1. The largest absolute Gasteiger partial charge is 0.481 e. The van der Waals surface area contributed by atoms with Crippen LogP contribution in [0.15, 0.2) is 52.4 Å². The predicted octanol–water partition coefficient (Wildman–Crippen LogP) is 3.28. The maximum absolute atomic E-state index is 12.2. The molecular weight excluding hydrogens is 378 g/mol. The van der Waals surface area contributed by atoms with Crippen molar-refractivity contribution in [2.24, 2.45) is 0 Å². The van der Waals surface area contributed by atoms with Crippen LogP contribution in [0.25, 0.3) is 10.7 Å². The number of hydrogen-bond acceptors (Lipinski definition) is 6. The molecule has 8 heteroatoms. The third kappa shape index (κ3) is 4.64. The van der Waals surface area contributed by atoms with E-state index in [9.17, 15) is 14.7 Å². The summed E-state index contributed by atoms with van der Waals surface area (Å²) in [7, 11) is 0. The SMILES string of the molecule is CC(CNC(=O)CCCc1nc(-c2cccs2)no1)(C(=O)O)c1ccccc1. The van der Waals surface area contributed by atoms with Crippen molar-refractivity contribution in [3.8, 4) is 10.7 Å². The molecule has 2 aromatic heterocycles. The standard InChI is InChI=1S/C20H21N3O4S/c1-20(19(25)26,14-7-3-2-4-8-14)13-21-16(24)10-5-11-17-22-18(23-27-17)15-9-6-12-28-15/h2-4,6-9,12H,5,10-11,13H2,1H3,(H,21,24)(H,25,26). The molecule has 0 aliphatic carbocycles. The number of nitrogens with one attached hydrogen (secondary N) is 1. The Kier molecular flexibility index (Phi) is 6.20. The summed E-state index contributed by atoms with van der Waals surface area (Å²) in [5.41, 5.74) is -0.534. The smallest absolute Gasteiger partial charge is 0.315 e. The van der Waals surface area contributed by atoms with Gasteiger partial charge in [-0.05, 0) is 30.4 Å². The van der Waals surface area contributed by atoms with Crippen LogP contribution in [0.5, 0.6) is 0 Å². The minimum Gasteiger partial charge on any atom is -0.481 e. The maximum atomic E-state index is 12.2. The van der Waals surface area contributed by atoms with Crippen LogP contribution < -0.4 is 5.32 Å². The normalized spacial score (nSPS) is 13.0. The third-order valence-electron chi connectivity index (χ3n) is 4.53. The summed E-state index contributed by atoms with van der Waals surface area (Å²) in [6.07, 6.45) is 1.27. The van der Waals surface area contributed by atoms with Gasteiger partial charge in [-0.1, -0.05) is 41.6 Å². The minimum absolute atomic E-state index is 0.0221. The van der Waals surface area contributed by atoms with Crippen molar-refractivity contribution >= 4 is 23.2 Å². The highest BCUT2D eigenvalue weighted by atomic mass is 32.1. The number of aryl methyl sites for hydroxylation is 1. The van der Waals surface area contributed by atoms with Crippen molar-refractivity contribution in [2.45, 2.75) is 31.6 Å². The van der Waals surface area contributed by atoms with Crippen LogP contribution >= 0.6 is 11.3 Å². The summed E-state index contributed by atoms with van der Waals surface area (Å²) in [6, 6.07) is 12.7. The monoisotopic (exact) mass is 399 g/mol. The lowest BCUT2D eigenvalue weighted by atomic mass is 9.82. The molecule has 0 aliphatic heterocycles. The molecule has 0 aliphatic rings. The van der Waals surface area contributed by atoms with Gasteiger partial charge in [-0.25, -0.2) is 0 Å². The quantitative estimate of drug-likeness (QED) is 0.572. The number of carbonyl (C=O) groups excluding carboxylic acids is 1. The van der Waals surface area contributed by atoms with E-state index in [-0.39, 0.29) is 18.9 Å². The third-order valence-corrected chi connectivity index (χ3v) is 5.39. The highest BCUT2D eigenvalue weighted by Crippen LogP contribution is 2.24. The number of carboxylic acid groups (broad SMARTS) is 1. The van der Waals surface area contributed by atoms with Crippen LogP contribution in [0.2, 0.25) is 0 Å². The van der Waals surface area contributed by atoms with Gasteiger partial charge >= 0.3 is 5.97 Å². The number of aliphatic carboxylic acids is 1. The number of nitrogens with zero attached hydrogens (tertiary/aromatic N) is 2. The van der Waals surface area contributed by atoms with Crippen LogP contribution in [0.3, 0.4) is 0 Å². The van der Waals surface area contributed by atoms with E-state index >= 15 is 0 Å². The molecule has 2 N–H and O–H groups in total. The number of amides is 1. The van der Waals surface area contributed by atoms with E-state index < -0.39 is 11.4 Å². The van der Waals surface area contributed by atoms with Gasteiger partial charge in [-0.3, -0.25) is 9.59 Å². The molecule has 0 saturated carbocycles. The number of hydrogen-bond donors (Lipinski definition) is 2. The summed E-state index contributed by atoms with van der Waals surface area (Å²) in [5, 5.41) is 18.2. The van der Waals surface area contributed by atoms with Crippen LogP contribution in [-0.2, 0) is 21.4 Å². The number of benzene rings is 1. The number of thiophene rings is 1. The minimum atomic E-state index is -1.18. The summed E-state index contributed by atoms with van der Waals surface area (Å²) < 4.78 is 5.21. The zero-order chi connectivity index (χ0) is 20.0. The second kappa shape index (κ2) is 8.79. The lowest BCUT2D eigenvalue weighted by Gasteiger charge is -2.25. The van der Waals surface area contributed by atoms with Gasteiger partial charge in [0.2, 0.25) is 17.6 Å². The topological polar surface area (TPSA) is 105 Å². The molecule has 146 valence electrons. The molecule has 3 rings (SSSR count). The molecule has 0 spiro atoms. The molecule has 28 heavy (non-hydrogen) atoms. The molecule has 0 fully saturated rings. The first-order valence-corrected chi connectivity index (χ1v) is 9.79. The molecule has 2 heterocycles. The van der Waals surface area contributed by atoms with Gasteiger partial charge in [0.25, 0.3) is 0 Å². The molecule has 0 radical (unpaired) electrons. The average Bonchev–Trinajstić information content (AvgIpc) is 3.38. The molecule has 0 saturated heterocycles. The first-order valence-electron chi connectivity index (χ1n) is 8.91. The summed E-state index contributed by atoms with van der Waals surface area (Å²) in [4.78, 5) is 29.2. The van der Waals surface area contributed by atoms with Crippen molar-refractivity contribution in [1.82, 2.24) is 15.5 Å². The lowest BCUT2D eigenvalue weighted by Crippen LogP contribution is -2.44. The fourth-order valence-corrected chi connectivity index (χ4v) is 3.38. The van der Waals surface area contributed by atoms with E-state index in [2.05, 4.69) is 15.5 Å². The zero-order valence-corrected chi connectivity index (χ0v) is 16.2. The molecule has 7 nitrogen and oxygen atoms in total. The van der Waals surface area contributed by atoms with E-state index in [4.69, 9.17) is 4.52 Å². The van der Waals surface area contributed by atoms with Crippen molar-refractivity contribution in [2.75, 3.05) is 6.54 Å². The highest BCUT2D eigenvalue weighted by molar-refractivity contribution is 7.13. The molecule has 1 aromatic carbocycles. The molecule has 1 amide bonds. The van der Waals surface area contributed by atoms with Gasteiger partial charge in [0.05, 0.1) is 4.88 Å². The van der Waals surface area contributed by atoms with Gasteiger partial charge in [-0.2, -0.15) is 4.98 Å². The number of rotatable bonds is 9. The van der Waals surface area contributed by atoms with Gasteiger partial charge < -0.3 is 14.9 Å². The Morgan fingerprint density at radius 1 is 1.21 bits per heavy atom. The second-order valence-electron chi connectivity index (χ2n) is 6.62. The Morgan fingerprint density at radius 2 is 2.00 bits per heavy atom. The van der Waals surface area contributed by atoms with Crippen molar-refractivity contribution in [1.29, 1.82) is 0 Å². The first kappa shape index (κ1) is 19.8. The number of aromatic nitrogens is 2. The van der Waals surface area contributed by atoms with E-state index in [0.717, 1.165) is 4.88 Å². The van der Waals surface area contributed by atoms with Crippen molar-refractivity contribution in [3.63, 3.8) is 0 Å². The van der Waals surface area contributed by atoms with Crippen molar-refractivity contribution in [3.05, 3.63) is 59.3 Å². The van der Waals surface area contributed by atoms with E-state index in [0.29, 0.717) is 30.1 Å². The Labute approximate surface area is 166 Å². The highest BCUT2D eigenvalue weighted by Gasteiger charge is 2.35. The van der Waals surface area contributed by atoms with E-state index in [1.807, 2.05) is 23.6 Å². The summed E-state index contributed by atoms with van der Waals surface area (Å²) >= 11 is 1.53. The Balaban J connectivity index is 1.48. The van der Waals surface area contributed by atoms with Crippen LogP contribution in [-0.4, -0.2) is 33.7 Å². The Hall–Kier alpha value is -3.00. The zero-order valence-electron chi connectivity index (χ0n) is 15.4. The van der Waals surface area contributed by atoms with E-state index in [1.54, 1.807) is 31.2 Å². The van der Waals surface area contributed by atoms with E-state index in [1.165, 1.54) is 11.3 Å². The number of carbonyl (C=O) groups is 2. The summed E-state index contributed by atoms with van der Waals surface area (Å²) in [5.74, 6) is -0.155. The average molecular weight is 399 g/mol. The molecule has 3 aromatic rings. The Bertz CT molecular complexity index is 924. The molecule has 0 bridgehead atoms. The molecular formula is C20H21N3O4S.